The van der Waals surface area contributed by atoms with Crippen LogP contribution < -0.4 is 10.1 Å². The van der Waals surface area contributed by atoms with Gasteiger partial charge in [-0.15, -0.1) is 0 Å². The molecule has 1 rings (SSSR count). The molecule has 0 spiro atoms. The maximum Gasteiger partial charge on any atom is 0.137 e. The molecule has 0 aromatic carbocycles. The van der Waals surface area contributed by atoms with E-state index in [1.807, 2.05) is 19.2 Å². The van der Waals surface area contributed by atoms with Crippen LogP contribution in [0.2, 0.25) is 0 Å². The lowest BCUT2D eigenvalue weighted by atomic mass is 10.1. The lowest BCUT2D eigenvalue weighted by molar-refractivity contribution is 0.123. The van der Waals surface area contributed by atoms with Gasteiger partial charge in [-0.25, -0.2) is 0 Å². The summed E-state index contributed by atoms with van der Waals surface area (Å²) in [6.07, 6.45) is 3.54. The van der Waals surface area contributed by atoms with Gasteiger partial charge in [-0.2, -0.15) is 0 Å². The molecule has 16 heavy (non-hydrogen) atoms. The quantitative estimate of drug-likeness (QED) is 0.766. The van der Waals surface area contributed by atoms with Crippen LogP contribution in [-0.4, -0.2) is 31.9 Å². The molecule has 4 heteroatoms. The van der Waals surface area contributed by atoms with Crippen LogP contribution >= 0.6 is 0 Å². The van der Waals surface area contributed by atoms with Crippen LogP contribution in [-0.2, 0) is 4.74 Å². The van der Waals surface area contributed by atoms with Crippen LogP contribution in [0.1, 0.15) is 25.5 Å². The number of aromatic nitrogens is 1. The zero-order chi connectivity index (χ0) is 11.8. The molecule has 1 aromatic heterocycles. The predicted octanol–water partition coefficient (Wildman–Crippen LogP) is 1.78. The van der Waals surface area contributed by atoms with Crippen molar-refractivity contribution in [2.75, 3.05) is 26.9 Å². The molecule has 0 aliphatic heterocycles. The molecule has 0 radical (unpaired) electrons. The van der Waals surface area contributed by atoms with E-state index in [0.29, 0.717) is 6.61 Å². The number of rotatable bonds is 7. The Hall–Kier alpha value is -1.13. The Morgan fingerprint density at radius 3 is 2.81 bits per heavy atom. The third-order valence-corrected chi connectivity index (χ3v) is 2.31. The molecule has 1 aromatic rings. The average Bonchev–Trinajstić information content (AvgIpc) is 2.34. The minimum absolute atomic E-state index is 0.174. The van der Waals surface area contributed by atoms with E-state index >= 15 is 0 Å². The summed E-state index contributed by atoms with van der Waals surface area (Å²) in [5.74, 6) is 0.775. The van der Waals surface area contributed by atoms with E-state index in [1.54, 1.807) is 13.3 Å². The Morgan fingerprint density at radius 1 is 1.38 bits per heavy atom. The van der Waals surface area contributed by atoms with E-state index in [4.69, 9.17) is 9.47 Å². The molecule has 0 aliphatic carbocycles. The van der Waals surface area contributed by atoms with Crippen molar-refractivity contribution in [1.82, 2.24) is 10.3 Å². The van der Waals surface area contributed by atoms with Crippen molar-refractivity contribution in [2.45, 2.75) is 19.9 Å². The molecular formula is C12H20N2O2. The summed E-state index contributed by atoms with van der Waals surface area (Å²) >= 11 is 0. The summed E-state index contributed by atoms with van der Waals surface area (Å²) in [4.78, 5) is 4.15. The highest BCUT2D eigenvalue weighted by Crippen LogP contribution is 2.17. The molecule has 4 nitrogen and oxygen atoms in total. The minimum Gasteiger partial charge on any atom is -0.495 e. The second kappa shape index (κ2) is 7.19. The maximum absolute atomic E-state index is 5.45. The van der Waals surface area contributed by atoms with Crippen molar-refractivity contribution >= 4 is 0 Å². The number of methoxy groups -OCH3 is 1. The van der Waals surface area contributed by atoms with Gasteiger partial charge in [0.25, 0.3) is 0 Å². The molecule has 0 aliphatic rings. The largest absolute Gasteiger partial charge is 0.495 e. The first-order chi connectivity index (χ1) is 7.81. The fourth-order valence-corrected chi connectivity index (χ4v) is 1.49. The van der Waals surface area contributed by atoms with Crippen LogP contribution in [0, 0.1) is 0 Å². The van der Waals surface area contributed by atoms with Gasteiger partial charge in [0.1, 0.15) is 5.75 Å². The summed E-state index contributed by atoms with van der Waals surface area (Å²) in [6.45, 7) is 6.34. The number of hydrogen-bond acceptors (Lipinski definition) is 4. The zero-order valence-corrected chi connectivity index (χ0v) is 10.2. The number of likely N-dealkylation sites (N-methyl/N-ethyl adjacent to an activating group) is 1. The number of nitrogens with zero attached hydrogens (tertiary/aromatic N) is 1. The van der Waals surface area contributed by atoms with Crippen molar-refractivity contribution in [1.29, 1.82) is 0 Å². The Labute approximate surface area is 97.0 Å². The Balaban J connectivity index is 2.73. The first-order valence-corrected chi connectivity index (χ1v) is 5.61. The molecule has 0 bridgehead atoms. The highest BCUT2D eigenvalue weighted by Gasteiger charge is 2.11. The van der Waals surface area contributed by atoms with Gasteiger partial charge >= 0.3 is 0 Å². The van der Waals surface area contributed by atoms with Crippen molar-refractivity contribution in [3.63, 3.8) is 0 Å². The van der Waals surface area contributed by atoms with Gasteiger partial charge in [0.15, 0.2) is 0 Å². The Morgan fingerprint density at radius 2 is 2.19 bits per heavy atom. The topological polar surface area (TPSA) is 43.4 Å². The van der Waals surface area contributed by atoms with Crippen LogP contribution in [0.3, 0.4) is 0 Å². The van der Waals surface area contributed by atoms with Crippen molar-refractivity contribution in [2.24, 2.45) is 0 Å². The van der Waals surface area contributed by atoms with Crippen LogP contribution in [0.5, 0.6) is 5.75 Å². The van der Waals surface area contributed by atoms with Gasteiger partial charge in [-0.05, 0) is 25.1 Å². The van der Waals surface area contributed by atoms with Gasteiger partial charge < -0.3 is 14.8 Å². The molecule has 0 saturated heterocycles. The van der Waals surface area contributed by atoms with Crippen molar-refractivity contribution < 1.29 is 9.47 Å². The fraction of sp³-hybridized carbons (Fsp3) is 0.583. The number of pyridine rings is 1. The van der Waals surface area contributed by atoms with Gasteiger partial charge in [-0.1, -0.05) is 6.92 Å². The standard InChI is InChI=1S/C12H20N2O2/c1-4-14-12(9-16-5-2)10-6-11(15-3)8-13-7-10/h6-8,12,14H,4-5,9H2,1-3H3. The predicted molar refractivity (Wildman–Crippen MR) is 63.7 cm³/mol. The van der Waals surface area contributed by atoms with E-state index < -0.39 is 0 Å². The monoisotopic (exact) mass is 224 g/mol. The molecule has 1 atom stereocenters. The van der Waals surface area contributed by atoms with E-state index in [9.17, 15) is 0 Å². The molecule has 1 unspecified atom stereocenters. The fourth-order valence-electron chi connectivity index (χ4n) is 1.49. The van der Waals surface area contributed by atoms with Crippen molar-refractivity contribution in [3.05, 3.63) is 24.0 Å². The normalized spacial score (nSPS) is 12.4. The lowest BCUT2D eigenvalue weighted by Crippen LogP contribution is -2.25. The number of hydrogen-bond donors (Lipinski definition) is 1. The molecular weight excluding hydrogens is 204 g/mol. The van der Waals surface area contributed by atoms with E-state index in [1.165, 1.54) is 0 Å². The summed E-state index contributed by atoms with van der Waals surface area (Å²) in [5, 5.41) is 3.36. The Bertz CT molecular complexity index is 305. The second-order valence-electron chi connectivity index (χ2n) is 3.43. The maximum atomic E-state index is 5.45. The molecule has 0 amide bonds. The first-order valence-electron chi connectivity index (χ1n) is 5.61. The molecule has 0 saturated carbocycles. The van der Waals surface area contributed by atoms with E-state index in [-0.39, 0.29) is 6.04 Å². The van der Waals surface area contributed by atoms with Gasteiger partial charge in [0, 0.05) is 12.8 Å². The number of ether oxygens (including phenoxy) is 2. The summed E-state index contributed by atoms with van der Waals surface area (Å²) in [5.41, 5.74) is 1.09. The molecule has 90 valence electrons. The minimum atomic E-state index is 0.174. The highest BCUT2D eigenvalue weighted by atomic mass is 16.5. The third-order valence-electron chi connectivity index (χ3n) is 2.31. The first kappa shape index (κ1) is 12.9. The van der Waals surface area contributed by atoms with Crippen LogP contribution in [0.25, 0.3) is 0 Å². The molecule has 1 N–H and O–H groups in total. The SMILES string of the molecule is CCNC(COCC)c1cncc(OC)c1. The number of nitrogens with one attached hydrogen (secondary N) is 1. The van der Waals surface area contributed by atoms with Gasteiger partial charge in [0.2, 0.25) is 0 Å². The Kier molecular flexibility index (Phi) is 5.82. The molecule has 0 fully saturated rings. The smallest absolute Gasteiger partial charge is 0.137 e. The average molecular weight is 224 g/mol. The van der Waals surface area contributed by atoms with E-state index in [0.717, 1.165) is 24.5 Å². The van der Waals surface area contributed by atoms with Gasteiger partial charge in [-0.3, -0.25) is 4.98 Å². The van der Waals surface area contributed by atoms with Gasteiger partial charge in [0.05, 0.1) is 26.0 Å². The molecule has 1 heterocycles. The lowest BCUT2D eigenvalue weighted by Gasteiger charge is -2.18. The highest BCUT2D eigenvalue weighted by molar-refractivity contribution is 5.26. The van der Waals surface area contributed by atoms with Crippen molar-refractivity contribution in [3.8, 4) is 5.75 Å². The van der Waals surface area contributed by atoms with Crippen LogP contribution in [0.4, 0.5) is 0 Å². The third kappa shape index (κ3) is 3.79. The zero-order valence-electron chi connectivity index (χ0n) is 10.2. The van der Waals surface area contributed by atoms with E-state index in [2.05, 4.69) is 17.2 Å². The second-order valence-corrected chi connectivity index (χ2v) is 3.43. The summed E-state index contributed by atoms with van der Waals surface area (Å²) in [7, 11) is 1.64. The summed E-state index contributed by atoms with van der Waals surface area (Å²) in [6, 6.07) is 2.16. The summed E-state index contributed by atoms with van der Waals surface area (Å²) < 4.78 is 10.6. The van der Waals surface area contributed by atoms with Crippen LogP contribution in [0.15, 0.2) is 18.5 Å².